The summed E-state index contributed by atoms with van der Waals surface area (Å²) >= 11 is 0. The summed E-state index contributed by atoms with van der Waals surface area (Å²) in [5, 5.41) is 3.50. The zero-order valence-electron chi connectivity index (χ0n) is 15.0. The third-order valence-electron chi connectivity index (χ3n) is 5.57. The van der Waals surface area contributed by atoms with Crippen LogP contribution in [0, 0.1) is 5.92 Å². The first kappa shape index (κ1) is 17.2. The smallest absolute Gasteiger partial charge is 0.0790 e. The van der Waals surface area contributed by atoms with Gasteiger partial charge in [-0.05, 0) is 61.1 Å². The Morgan fingerprint density at radius 2 is 1.86 bits per heavy atom. The van der Waals surface area contributed by atoms with Crippen LogP contribution in [0.15, 0.2) is 0 Å². The molecule has 0 aromatic rings. The lowest BCUT2D eigenvalue weighted by molar-refractivity contribution is -0.0859. The predicted molar refractivity (Wildman–Crippen MR) is 86.7 cm³/mol. The second-order valence-electron chi connectivity index (χ2n) is 8.17. The van der Waals surface area contributed by atoms with Crippen molar-refractivity contribution in [3.63, 3.8) is 0 Å². The van der Waals surface area contributed by atoms with E-state index in [1.165, 1.54) is 13.0 Å². The van der Waals surface area contributed by atoms with Crippen molar-refractivity contribution >= 4 is 0 Å². The maximum absolute atomic E-state index is 6.35. The first-order chi connectivity index (χ1) is 9.63. The summed E-state index contributed by atoms with van der Waals surface area (Å²) in [6, 6.07) is 0.378. The van der Waals surface area contributed by atoms with E-state index in [0.717, 1.165) is 19.5 Å². The van der Waals surface area contributed by atoms with Crippen LogP contribution < -0.4 is 5.32 Å². The highest BCUT2D eigenvalue weighted by atomic mass is 16.5. The van der Waals surface area contributed by atoms with Gasteiger partial charge in [-0.1, -0.05) is 0 Å². The molecule has 3 unspecified atom stereocenters. The summed E-state index contributed by atoms with van der Waals surface area (Å²) in [5.41, 5.74) is -0.214. The van der Waals surface area contributed by atoms with Gasteiger partial charge in [0.15, 0.2) is 0 Å². The maximum Gasteiger partial charge on any atom is 0.0790 e. The molecule has 2 aliphatic rings. The van der Waals surface area contributed by atoms with Gasteiger partial charge in [-0.2, -0.15) is 0 Å². The highest BCUT2D eigenvalue weighted by Crippen LogP contribution is 2.43. The average molecular weight is 298 g/mol. The van der Waals surface area contributed by atoms with Crippen molar-refractivity contribution in [3.05, 3.63) is 0 Å². The Morgan fingerprint density at radius 3 is 2.43 bits per heavy atom. The van der Waals surface area contributed by atoms with E-state index < -0.39 is 0 Å². The lowest BCUT2D eigenvalue weighted by Gasteiger charge is -2.42. The number of likely N-dealkylation sites (N-methyl/N-ethyl adjacent to an activating group) is 1. The zero-order valence-corrected chi connectivity index (χ0v) is 15.0. The van der Waals surface area contributed by atoms with Crippen molar-refractivity contribution in [2.75, 3.05) is 33.8 Å². The molecule has 0 aromatic carbocycles. The highest BCUT2D eigenvalue weighted by Gasteiger charge is 2.53. The number of likely N-dealkylation sites (tertiary alicyclic amines) is 1. The molecule has 21 heavy (non-hydrogen) atoms. The Morgan fingerprint density at radius 1 is 1.19 bits per heavy atom. The molecule has 0 saturated carbocycles. The minimum absolute atomic E-state index is 0.00646. The molecule has 0 radical (unpaired) electrons. The number of rotatable bonds is 4. The fraction of sp³-hybridized carbons (Fsp3) is 1.00. The molecule has 3 atom stereocenters. The largest absolute Gasteiger partial charge is 0.377 e. The molecule has 4 heteroatoms. The number of piperidine rings is 1. The fourth-order valence-electron chi connectivity index (χ4n) is 4.49. The van der Waals surface area contributed by atoms with Gasteiger partial charge in [0.1, 0.15) is 0 Å². The molecule has 2 saturated heterocycles. The summed E-state index contributed by atoms with van der Waals surface area (Å²) in [7, 11) is 3.89. The van der Waals surface area contributed by atoms with Gasteiger partial charge < -0.3 is 19.7 Å². The summed E-state index contributed by atoms with van der Waals surface area (Å²) in [6.45, 7) is 14.4. The lowest BCUT2D eigenvalue weighted by Crippen LogP contribution is -2.54. The molecule has 4 nitrogen and oxygen atoms in total. The van der Waals surface area contributed by atoms with Gasteiger partial charge in [-0.15, -0.1) is 0 Å². The van der Waals surface area contributed by atoms with Crippen molar-refractivity contribution in [2.45, 2.75) is 70.3 Å². The van der Waals surface area contributed by atoms with Gasteiger partial charge in [0.05, 0.1) is 16.8 Å². The fourth-order valence-corrected chi connectivity index (χ4v) is 4.49. The number of ether oxygens (including phenoxy) is 2. The monoisotopic (exact) mass is 298 g/mol. The second-order valence-corrected chi connectivity index (χ2v) is 8.17. The van der Waals surface area contributed by atoms with Gasteiger partial charge in [0.2, 0.25) is 0 Å². The normalized spacial score (nSPS) is 39.6. The molecule has 0 amide bonds. The van der Waals surface area contributed by atoms with E-state index in [4.69, 9.17) is 9.47 Å². The van der Waals surface area contributed by atoms with Crippen LogP contribution in [-0.2, 0) is 9.47 Å². The summed E-state index contributed by atoms with van der Waals surface area (Å²) in [5.74, 6) is 0.483. The Balaban J connectivity index is 2.10. The molecule has 124 valence electrons. The summed E-state index contributed by atoms with van der Waals surface area (Å²) in [4.78, 5) is 2.56. The van der Waals surface area contributed by atoms with Crippen LogP contribution in [0.4, 0.5) is 0 Å². The molecule has 0 aromatic heterocycles. The van der Waals surface area contributed by atoms with E-state index >= 15 is 0 Å². The van der Waals surface area contributed by atoms with Gasteiger partial charge >= 0.3 is 0 Å². The number of nitrogens with one attached hydrogen (secondary N) is 1. The molecular formula is C17H34N2O2. The van der Waals surface area contributed by atoms with E-state index in [-0.39, 0.29) is 16.8 Å². The van der Waals surface area contributed by atoms with Crippen LogP contribution in [-0.4, -0.2) is 61.5 Å². The molecule has 2 rings (SSSR count). The number of hydrogen-bond acceptors (Lipinski definition) is 4. The van der Waals surface area contributed by atoms with Gasteiger partial charge in [-0.3, -0.25) is 0 Å². The Labute approximate surface area is 130 Å². The molecule has 0 aliphatic carbocycles. The maximum atomic E-state index is 6.35. The minimum Gasteiger partial charge on any atom is -0.377 e. The molecule has 0 spiro atoms. The molecule has 1 N–H and O–H groups in total. The van der Waals surface area contributed by atoms with Crippen molar-refractivity contribution in [1.82, 2.24) is 10.2 Å². The summed E-state index contributed by atoms with van der Waals surface area (Å²) < 4.78 is 12.1. The molecular weight excluding hydrogens is 264 g/mol. The average Bonchev–Trinajstić information content (AvgIpc) is 2.54. The number of methoxy groups -OCH3 is 1. The highest BCUT2D eigenvalue weighted by molar-refractivity contribution is 5.06. The van der Waals surface area contributed by atoms with Crippen LogP contribution >= 0.6 is 0 Å². The van der Waals surface area contributed by atoms with E-state index in [1.54, 1.807) is 0 Å². The number of hydrogen-bond donors (Lipinski definition) is 1. The molecule has 2 fully saturated rings. The molecule has 0 bridgehead atoms. The Bertz CT molecular complexity index is 370. The SMILES string of the molecule is CNC1C(CN2CCCC(C)(OC)C2)C(C)(C)OC1(C)C. The van der Waals surface area contributed by atoms with E-state index in [9.17, 15) is 0 Å². The standard InChI is InChI=1S/C17H34N2O2/c1-15(2)13(14(18-6)16(3,4)21-15)11-19-10-8-9-17(5,12-19)20-7/h13-14,18H,8-12H2,1-7H3. The quantitative estimate of drug-likeness (QED) is 0.863. The predicted octanol–water partition coefficient (Wildman–Crippen LogP) is 2.28. The first-order valence-corrected chi connectivity index (χ1v) is 8.28. The van der Waals surface area contributed by atoms with Gasteiger partial charge in [0.25, 0.3) is 0 Å². The van der Waals surface area contributed by atoms with Crippen LogP contribution in [0.25, 0.3) is 0 Å². The van der Waals surface area contributed by atoms with Gasteiger partial charge in [0, 0.05) is 32.2 Å². The third-order valence-corrected chi connectivity index (χ3v) is 5.57. The van der Waals surface area contributed by atoms with Crippen LogP contribution in [0.3, 0.4) is 0 Å². The van der Waals surface area contributed by atoms with Crippen LogP contribution in [0.1, 0.15) is 47.5 Å². The topological polar surface area (TPSA) is 33.7 Å². The van der Waals surface area contributed by atoms with Gasteiger partial charge in [-0.25, -0.2) is 0 Å². The zero-order chi connectivity index (χ0) is 15.9. The van der Waals surface area contributed by atoms with Crippen molar-refractivity contribution in [1.29, 1.82) is 0 Å². The van der Waals surface area contributed by atoms with Crippen molar-refractivity contribution < 1.29 is 9.47 Å². The Hall–Kier alpha value is -0.160. The van der Waals surface area contributed by atoms with Crippen LogP contribution in [0.5, 0.6) is 0 Å². The first-order valence-electron chi connectivity index (χ1n) is 8.28. The van der Waals surface area contributed by atoms with Crippen molar-refractivity contribution in [2.24, 2.45) is 5.92 Å². The van der Waals surface area contributed by atoms with Crippen LogP contribution in [0.2, 0.25) is 0 Å². The lowest BCUT2D eigenvalue weighted by atomic mass is 9.81. The Kier molecular flexibility index (Phi) is 4.75. The second kappa shape index (κ2) is 5.80. The third kappa shape index (κ3) is 3.44. The van der Waals surface area contributed by atoms with Crippen molar-refractivity contribution in [3.8, 4) is 0 Å². The summed E-state index contributed by atoms with van der Waals surface area (Å²) in [6.07, 6.45) is 2.37. The number of nitrogens with zero attached hydrogens (tertiary/aromatic N) is 1. The van der Waals surface area contributed by atoms with E-state index in [1.807, 2.05) is 7.11 Å². The minimum atomic E-state index is -0.122. The van der Waals surface area contributed by atoms with E-state index in [2.05, 4.69) is 51.9 Å². The van der Waals surface area contributed by atoms with E-state index in [0.29, 0.717) is 12.0 Å². The molecule has 2 aliphatic heterocycles. The molecule has 2 heterocycles.